The molecular formula is C24H28N6O6S. The lowest BCUT2D eigenvalue weighted by molar-refractivity contribution is -0.150. The van der Waals surface area contributed by atoms with Gasteiger partial charge >= 0.3 is 5.97 Å². The summed E-state index contributed by atoms with van der Waals surface area (Å²) in [5.74, 6) is -0.161. The Hall–Kier alpha value is -3.10. The van der Waals surface area contributed by atoms with Gasteiger partial charge in [0.15, 0.2) is 5.72 Å². The van der Waals surface area contributed by atoms with E-state index in [4.69, 9.17) is 9.72 Å². The van der Waals surface area contributed by atoms with Gasteiger partial charge in [-0.1, -0.05) is 12.1 Å². The fourth-order valence-corrected chi connectivity index (χ4v) is 6.41. The number of nitrogens with zero attached hydrogens (tertiary/aromatic N) is 3. The molecule has 3 fully saturated rings. The first-order valence-electron chi connectivity index (χ1n) is 12.3. The molecule has 2 aliphatic heterocycles. The number of fused-ring (bicyclic) bond motifs is 1. The molecule has 2 saturated heterocycles. The highest BCUT2D eigenvalue weighted by Crippen LogP contribution is 2.36. The number of hydrogen-bond acceptors (Lipinski definition) is 12. The Morgan fingerprint density at radius 2 is 1.95 bits per heavy atom. The predicted molar refractivity (Wildman–Crippen MR) is 136 cm³/mol. The minimum Gasteiger partial charge on any atom is -0.443 e. The van der Waals surface area contributed by atoms with Crippen LogP contribution in [0.2, 0.25) is 0 Å². The molecule has 0 unspecified atom stereocenters. The van der Waals surface area contributed by atoms with Crippen LogP contribution in [0.1, 0.15) is 19.3 Å². The number of nitrogens with one attached hydrogen (secondary N) is 3. The molecule has 4 heterocycles. The van der Waals surface area contributed by atoms with Crippen LogP contribution in [0.15, 0.2) is 29.1 Å². The van der Waals surface area contributed by atoms with Gasteiger partial charge in [0, 0.05) is 38.5 Å². The van der Waals surface area contributed by atoms with Crippen molar-refractivity contribution >= 4 is 39.3 Å². The van der Waals surface area contributed by atoms with E-state index in [0.29, 0.717) is 43.3 Å². The molecule has 1 aromatic carbocycles. The van der Waals surface area contributed by atoms with E-state index in [2.05, 4.69) is 20.6 Å². The summed E-state index contributed by atoms with van der Waals surface area (Å²) in [4.78, 5) is 39.3. The monoisotopic (exact) mass is 528 g/mol. The highest BCUT2D eigenvalue weighted by atomic mass is 32.1. The van der Waals surface area contributed by atoms with E-state index in [0.717, 1.165) is 10.2 Å². The first-order valence-corrected chi connectivity index (χ1v) is 13.1. The molecule has 0 bridgehead atoms. The van der Waals surface area contributed by atoms with Gasteiger partial charge in [-0.2, -0.15) is 4.98 Å². The van der Waals surface area contributed by atoms with E-state index in [1.165, 1.54) is 11.3 Å². The number of thiazole rings is 1. The molecule has 12 nitrogen and oxygen atoms in total. The number of para-hydroxylation sites is 1. The number of anilines is 2. The number of carbonyl (C=O) groups excluding carboxylic acids is 1. The second-order valence-electron chi connectivity index (χ2n) is 9.82. The van der Waals surface area contributed by atoms with Crippen LogP contribution in [0.4, 0.5) is 11.8 Å². The van der Waals surface area contributed by atoms with Crippen LogP contribution < -0.4 is 21.1 Å². The number of esters is 1. The highest BCUT2D eigenvalue weighted by molar-refractivity contribution is 7.21. The van der Waals surface area contributed by atoms with Gasteiger partial charge in [0.05, 0.1) is 28.9 Å². The largest absolute Gasteiger partial charge is 0.443 e. The smallest absolute Gasteiger partial charge is 0.321 e. The maximum Gasteiger partial charge on any atom is 0.321 e. The lowest BCUT2D eigenvalue weighted by atomic mass is 10.0. The molecule has 4 atom stereocenters. The first-order chi connectivity index (χ1) is 17.9. The number of rotatable bonds is 5. The van der Waals surface area contributed by atoms with Crippen molar-refractivity contribution < 1.29 is 24.9 Å². The normalized spacial score (nSPS) is 27.2. The van der Waals surface area contributed by atoms with E-state index in [9.17, 15) is 24.9 Å². The quantitative estimate of drug-likeness (QED) is 0.246. The lowest BCUT2D eigenvalue weighted by Gasteiger charge is -2.38. The van der Waals surface area contributed by atoms with Crippen molar-refractivity contribution in [3.05, 3.63) is 34.6 Å². The van der Waals surface area contributed by atoms with E-state index >= 15 is 0 Å². The summed E-state index contributed by atoms with van der Waals surface area (Å²) in [7, 11) is 0. The van der Waals surface area contributed by atoms with Crippen molar-refractivity contribution in [1.82, 2.24) is 20.3 Å². The molecular weight excluding hydrogens is 500 g/mol. The topological polar surface area (TPSA) is 173 Å². The van der Waals surface area contributed by atoms with Crippen LogP contribution in [-0.4, -0.2) is 86.5 Å². The molecule has 196 valence electrons. The summed E-state index contributed by atoms with van der Waals surface area (Å²) in [5.41, 5.74) is -0.0595. The minimum atomic E-state index is -1.14. The molecule has 3 aliphatic rings. The third-order valence-electron chi connectivity index (χ3n) is 7.51. The fourth-order valence-electron chi connectivity index (χ4n) is 5.40. The number of aliphatic hydroxyl groups is 3. The van der Waals surface area contributed by atoms with E-state index in [1.807, 2.05) is 29.2 Å². The van der Waals surface area contributed by atoms with E-state index in [1.54, 1.807) is 0 Å². The van der Waals surface area contributed by atoms with Crippen molar-refractivity contribution in [3.8, 4) is 10.6 Å². The van der Waals surface area contributed by atoms with Gasteiger partial charge in [-0.3, -0.25) is 19.9 Å². The van der Waals surface area contributed by atoms with Gasteiger partial charge < -0.3 is 30.3 Å². The Bertz CT molecular complexity index is 1350. The Morgan fingerprint density at radius 1 is 1.16 bits per heavy atom. The molecule has 6 N–H and O–H groups in total. The summed E-state index contributed by atoms with van der Waals surface area (Å²) in [6.45, 7) is 0.925. The van der Waals surface area contributed by atoms with Crippen LogP contribution in [0, 0.1) is 5.92 Å². The van der Waals surface area contributed by atoms with Crippen molar-refractivity contribution in [2.75, 3.05) is 36.5 Å². The van der Waals surface area contributed by atoms with Gasteiger partial charge in [0.2, 0.25) is 5.95 Å². The highest BCUT2D eigenvalue weighted by Gasteiger charge is 2.44. The van der Waals surface area contributed by atoms with Crippen molar-refractivity contribution in [1.29, 1.82) is 0 Å². The van der Waals surface area contributed by atoms with Gasteiger partial charge in [0.1, 0.15) is 22.5 Å². The summed E-state index contributed by atoms with van der Waals surface area (Å²) in [6.07, 6.45) is -0.837. The third-order valence-corrected chi connectivity index (χ3v) is 8.56. The van der Waals surface area contributed by atoms with Crippen molar-refractivity contribution in [2.24, 2.45) is 5.92 Å². The number of aliphatic hydroxyl groups excluding tert-OH is 3. The maximum absolute atomic E-state index is 13.5. The Morgan fingerprint density at radius 3 is 2.62 bits per heavy atom. The van der Waals surface area contributed by atoms with Crippen LogP contribution >= 0.6 is 11.3 Å². The van der Waals surface area contributed by atoms with Gasteiger partial charge in [-0.25, -0.2) is 4.98 Å². The standard InChI is InChI=1S/C24H28N6O6S/c31-11-12-9-14(19(34)18(12)33)26-20-17(22-27-13-3-1-2-4-15(13)37-22)21(35)29-23(28-20)30-7-5-24(6-8-30)25-10-16(32)36-24/h1-4,12,14,18-19,25,31,33-34H,5-11H2,(H2,26,28,29,35)/t12-,14-,18-,19+/m1/s1. The summed E-state index contributed by atoms with van der Waals surface area (Å²) in [6, 6.07) is 6.96. The Balaban J connectivity index is 1.35. The van der Waals surface area contributed by atoms with Crippen LogP contribution in [0.25, 0.3) is 20.8 Å². The van der Waals surface area contributed by atoms with Crippen molar-refractivity contribution in [2.45, 2.75) is 43.2 Å². The Labute approximate surface area is 215 Å². The number of H-pyrrole nitrogens is 1. The molecule has 1 spiro atoms. The summed E-state index contributed by atoms with van der Waals surface area (Å²) in [5, 5.41) is 37.3. The number of ether oxygens (including phenoxy) is 1. The van der Waals surface area contributed by atoms with Crippen LogP contribution in [-0.2, 0) is 9.53 Å². The zero-order valence-electron chi connectivity index (χ0n) is 19.9. The van der Waals surface area contributed by atoms with Crippen LogP contribution in [0.5, 0.6) is 0 Å². The molecule has 3 aromatic rings. The summed E-state index contributed by atoms with van der Waals surface area (Å²) >= 11 is 1.36. The molecule has 13 heteroatoms. The zero-order valence-corrected chi connectivity index (χ0v) is 20.7. The number of hydrogen-bond donors (Lipinski definition) is 6. The van der Waals surface area contributed by atoms with E-state index < -0.39 is 29.9 Å². The molecule has 0 amide bonds. The number of benzene rings is 1. The minimum absolute atomic E-state index is 0.185. The molecule has 0 radical (unpaired) electrons. The zero-order chi connectivity index (χ0) is 25.7. The average molecular weight is 529 g/mol. The third kappa shape index (κ3) is 4.36. The number of aromatic nitrogens is 3. The SMILES string of the molecule is O=C1CNC2(CCN(c3nc(N[C@@H]4C[C@H](CO)[C@@H](O)[C@H]4O)c(-c4nc5ccccc5s4)c(=O)[nH]3)CC2)O1. The molecule has 1 aliphatic carbocycles. The molecule has 1 saturated carbocycles. The Kier molecular flexibility index (Phi) is 6.12. The van der Waals surface area contributed by atoms with Crippen molar-refractivity contribution in [3.63, 3.8) is 0 Å². The first kappa shape index (κ1) is 24.2. The maximum atomic E-state index is 13.5. The molecule has 2 aromatic heterocycles. The molecule has 37 heavy (non-hydrogen) atoms. The number of carbonyl (C=O) groups is 1. The second-order valence-corrected chi connectivity index (χ2v) is 10.8. The lowest BCUT2D eigenvalue weighted by Crippen LogP contribution is -2.51. The number of aromatic amines is 1. The second kappa shape index (κ2) is 9.33. The summed E-state index contributed by atoms with van der Waals surface area (Å²) < 4.78 is 6.42. The average Bonchev–Trinajstić information content (AvgIpc) is 3.55. The molecule has 6 rings (SSSR count). The van der Waals surface area contributed by atoms with E-state index in [-0.39, 0.29) is 36.1 Å². The van der Waals surface area contributed by atoms with Crippen LogP contribution in [0.3, 0.4) is 0 Å². The van der Waals surface area contributed by atoms with Gasteiger partial charge in [-0.15, -0.1) is 11.3 Å². The van der Waals surface area contributed by atoms with Gasteiger partial charge in [-0.05, 0) is 18.6 Å². The predicted octanol–water partition coefficient (Wildman–Crippen LogP) is 0.00400. The number of piperidine rings is 1. The van der Waals surface area contributed by atoms with Gasteiger partial charge in [0.25, 0.3) is 5.56 Å². The fraction of sp³-hybridized carbons (Fsp3) is 0.500.